The third-order valence-electron chi connectivity index (χ3n) is 3.97. The summed E-state index contributed by atoms with van der Waals surface area (Å²) in [4.78, 5) is 30.4. The fraction of sp³-hybridized carbons (Fsp3) is 0.190. The number of benzene rings is 2. The van der Waals surface area contributed by atoms with Crippen molar-refractivity contribution in [2.24, 2.45) is 0 Å². The lowest BCUT2D eigenvalue weighted by Crippen LogP contribution is -2.09. The Balaban J connectivity index is 1.89. The summed E-state index contributed by atoms with van der Waals surface area (Å²) < 4.78 is 5.25. The van der Waals surface area contributed by atoms with Crippen molar-refractivity contribution in [3.8, 4) is 5.75 Å². The number of hydrogen-bond donors (Lipinski definition) is 1. The Morgan fingerprint density at radius 3 is 2.57 bits per heavy atom. The minimum absolute atomic E-state index is 0.0483. The van der Waals surface area contributed by atoms with E-state index in [0.717, 1.165) is 9.79 Å². The van der Waals surface area contributed by atoms with E-state index in [1.807, 2.05) is 48.5 Å². The minimum Gasteiger partial charge on any atom is -0.504 e. The molecular weight excluding hydrogens is 442 g/mol. The number of ketones is 1. The molecule has 0 spiro atoms. The monoisotopic (exact) mass is 459 g/mol. The molecule has 0 bridgehead atoms. The molecule has 144 valence electrons. The van der Waals surface area contributed by atoms with Gasteiger partial charge in [0.1, 0.15) is 5.69 Å². The zero-order valence-electron chi connectivity index (χ0n) is 15.1. The van der Waals surface area contributed by atoms with E-state index in [0.29, 0.717) is 15.4 Å². The number of hydrogen-bond acceptors (Lipinski definition) is 6. The maximum atomic E-state index is 12.5. The normalized spacial score (nSPS) is 10.8. The number of Topliss-reactive ketones (excluding diaryl/α,β-unsaturated/α-hetero) is 1. The molecule has 3 aromatic rings. The number of pyridine rings is 1. The Labute approximate surface area is 175 Å². The van der Waals surface area contributed by atoms with Crippen molar-refractivity contribution in [3.63, 3.8) is 0 Å². The van der Waals surface area contributed by atoms with Gasteiger partial charge in [-0.25, -0.2) is 4.98 Å². The van der Waals surface area contributed by atoms with Crippen molar-refractivity contribution in [2.45, 2.75) is 29.6 Å². The average Bonchev–Trinajstić information content (AvgIpc) is 2.70. The van der Waals surface area contributed by atoms with Gasteiger partial charge in [0, 0.05) is 21.6 Å². The van der Waals surface area contributed by atoms with Gasteiger partial charge in [0.25, 0.3) is 0 Å². The maximum Gasteiger partial charge on any atom is 0.306 e. The third kappa shape index (κ3) is 4.72. The Morgan fingerprint density at radius 2 is 1.86 bits per heavy atom. The van der Waals surface area contributed by atoms with Crippen LogP contribution >= 0.6 is 27.7 Å². The van der Waals surface area contributed by atoms with Crippen LogP contribution in [0.15, 0.2) is 62.8 Å². The van der Waals surface area contributed by atoms with Gasteiger partial charge in [-0.2, -0.15) is 0 Å². The number of esters is 1. The fourth-order valence-corrected chi connectivity index (χ4v) is 4.04. The van der Waals surface area contributed by atoms with E-state index in [1.165, 1.54) is 0 Å². The van der Waals surface area contributed by atoms with E-state index in [4.69, 9.17) is 4.74 Å². The quantitative estimate of drug-likeness (QED) is 0.377. The van der Waals surface area contributed by atoms with Gasteiger partial charge in [0.15, 0.2) is 11.5 Å². The van der Waals surface area contributed by atoms with Gasteiger partial charge in [0.05, 0.1) is 23.0 Å². The number of ether oxygens (including phenoxy) is 1. The Morgan fingerprint density at radius 1 is 1.11 bits per heavy atom. The lowest BCUT2D eigenvalue weighted by Gasteiger charge is -2.10. The van der Waals surface area contributed by atoms with Crippen LogP contribution in [0.25, 0.3) is 10.9 Å². The van der Waals surface area contributed by atoms with E-state index in [-0.39, 0.29) is 30.9 Å². The number of rotatable bonds is 7. The second-order valence-electron chi connectivity index (χ2n) is 5.95. The summed E-state index contributed by atoms with van der Waals surface area (Å²) in [6.45, 7) is 1.97. The fourth-order valence-electron chi connectivity index (χ4n) is 2.64. The van der Waals surface area contributed by atoms with Crippen molar-refractivity contribution in [2.75, 3.05) is 6.61 Å². The molecule has 0 amide bonds. The van der Waals surface area contributed by atoms with Gasteiger partial charge >= 0.3 is 5.97 Å². The van der Waals surface area contributed by atoms with Crippen molar-refractivity contribution in [1.82, 2.24) is 4.98 Å². The SMILES string of the molecule is CCOC(=O)CCC(=O)c1nc2cc(Sc3ccccc3)ccc2c(Br)c1O. The van der Waals surface area contributed by atoms with Crippen LogP contribution in [-0.2, 0) is 9.53 Å². The van der Waals surface area contributed by atoms with Crippen LogP contribution in [0.4, 0.5) is 0 Å². The second kappa shape index (κ2) is 9.21. The molecule has 0 atom stereocenters. The molecule has 0 saturated heterocycles. The average molecular weight is 460 g/mol. The van der Waals surface area contributed by atoms with Gasteiger partial charge < -0.3 is 9.84 Å². The molecule has 7 heteroatoms. The molecule has 0 fully saturated rings. The summed E-state index contributed by atoms with van der Waals surface area (Å²) in [5.74, 6) is -1.07. The maximum absolute atomic E-state index is 12.5. The zero-order valence-corrected chi connectivity index (χ0v) is 17.5. The molecule has 0 unspecified atom stereocenters. The highest BCUT2D eigenvalue weighted by molar-refractivity contribution is 9.10. The highest BCUT2D eigenvalue weighted by Gasteiger charge is 2.20. The highest BCUT2D eigenvalue weighted by atomic mass is 79.9. The largest absolute Gasteiger partial charge is 0.504 e. The van der Waals surface area contributed by atoms with E-state index >= 15 is 0 Å². The molecule has 0 aliphatic heterocycles. The number of aromatic nitrogens is 1. The van der Waals surface area contributed by atoms with Gasteiger partial charge in [-0.3, -0.25) is 9.59 Å². The first kappa shape index (κ1) is 20.4. The number of nitrogens with zero attached hydrogens (tertiary/aromatic N) is 1. The standard InChI is InChI=1S/C21H18BrNO4S/c1-2-27-18(25)11-10-17(24)20-21(26)19(22)15-9-8-14(12-16(15)23-20)28-13-6-4-3-5-7-13/h3-9,12,26H,2,10-11H2,1H3. The van der Waals surface area contributed by atoms with Crippen molar-refractivity contribution in [3.05, 3.63) is 58.7 Å². The van der Waals surface area contributed by atoms with Gasteiger partial charge in [0.2, 0.25) is 0 Å². The molecule has 28 heavy (non-hydrogen) atoms. The van der Waals surface area contributed by atoms with Crippen LogP contribution < -0.4 is 0 Å². The van der Waals surface area contributed by atoms with Gasteiger partial charge in [-0.1, -0.05) is 36.0 Å². The Kier molecular flexibility index (Phi) is 6.70. The van der Waals surface area contributed by atoms with E-state index in [9.17, 15) is 14.7 Å². The van der Waals surface area contributed by atoms with Crippen LogP contribution in [0.5, 0.6) is 5.75 Å². The van der Waals surface area contributed by atoms with Crippen LogP contribution in [0.1, 0.15) is 30.3 Å². The summed E-state index contributed by atoms with van der Waals surface area (Å²) in [7, 11) is 0. The van der Waals surface area contributed by atoms with Crippen molar-refractivity contribution < 1.29 is 19.4 Å². The van der Waals surface area contributed by atoms with Crippen LogP contribution in [0.3, 0.4) is 0 Å². The van der Waals surface area contributed by atoms with Crippen LogP contribution in [-0.4, -0.2) is 28.4 Å². The first-order valence-corrected chi connectivity index (χ1v) is 10.3. The number of halogens is 1. The minimum atomic E-state index is -0.447. The Hall–Kier alpha value is -2.38. The molecule has 1 aromatic heterocycles. The summed E-state index contributed by atoms with van der Waals surface area (Å²) in [6, 6.07) is 15.6. The first-order valence-electron chi connectivity index (χ1n) is 8.73. The lowest BCUT2D eigenvalue weighted by molar-refractivity contribution is -0.143. The predicted molar refractivity (Wildman–Crippen MR) is 112 cm³/mol. The molecule has 5 nitrogen and oxygen atoms in total. The van der Waals surface area contributed by atoms with Gasteiger partial charge in [-0.15, -0.1) is 0 Å². The number of carbonyl (C=O) groups excluding carboxylic acids is 2. The molecule has 0 aliphatic carbocycles. The predicted octanol–water partition coefficient (Wildman–Crippen LogP) is 5.38. The number of fused-ring (bicyclic) bond motifs is 1. The summed E-state index contributed by atoms with van der Waals surface area (Å²) in [5.41, 5.74) is 0.538. The molecule has 1 N–H and O–H groups in total. The molecular formula is C21H18BrNO4S. The third-order valence-corrected chi connectivity index (χ3v) is 5.77. The molecule has 0 radical (unpaired) electrons. The number of aromatic hydroxyl groups is 1. The number of carbonyl (C=O) groups is 2. The summed E-state index contributed by atoms with van der Waals surface area (Å²) >= 11 is 4.94. The summed E-state index contributed by atoms with van der Waals surface area (Å²) in [6.07, 6.45) is -0.122. The zero-order chi connectivity index (χ0) is 20.1. The molecule has 0 aliphatic rings. The van der Waals surface area contributed by atoms with Gasteiger partial charge in [-0.05, 0) is 47.1 Å². The second-order valence-corrected chi connectivity index (χ2v) is 7.89. The molecule has 2 aromatic carbocycles. The Bertz CT molecular complexity index is 1020. The molecule has 0 saturated carbocycles. The van der Waals surface area contributed by atoms with E-state index in [2.05, 4.69) is 20.9 Å². The molecule has 1 heterocycles. The molecule has 3 rings (SSSR count). The highest BCUT2D eigenvalue weighted by Crippen LogP contribution is 2.37. The van der Waals surface area contributed by atoms with Crippen molar-refractivity contribution >= 4 is 50.3 Å². The van der Waals surface area contributed by atoms with Crippen LogP contribution in [0, 0.1) is 0 Å². The lowest BCUT2D eigenvalue weighted by atomic mass is 10.1. The first-order chi connectivity index (χ1) is 13.5. The van der Waals surface area contributed by atoms with Crippen molar-refractivity contribution in [1.29, 1.82) is 0 Å². The van der Waals surface area contributed by atoms with E-state index < -0.39 is 11.8 Å². The topological polar surface area (TPSA) is 76.5 Å². The van der Waals surface area contributed by atoms with E-state index in [1.54, 1.807) is 18.7 Å². The van der Waals surface area contributed by atoms with Crippen LogP contribution in [0.2, 0.25) is 0 Å². The summed E-state index contributed by atoms with van der Waals surface area (Å²) in [5, 5.41) is 11.1. The smallest absolute Gasteiger partial charge is 0.306 e.